The van der Waals surface area contributed by atoms with Crippen molar-refractivity contribution in [2.75, 3.05) is 0 Å². The van der Waals surface area contributed by atoms with Crippen LogP contribution in [0, 0.1) is 34.6 Å². The van der Waals surface area contributed by atoms with E-state index in [1.54, 1.807) is 12.1 Å². The standard InChI is InChI=1S/C16H8F4N4O/c17-11-5-9(13(18)15(20)14(11)19)7-25-10-3-1-2-8(4-10)16-12(6-21)22-24-23-16/h1-5H,7H2,(H,22,23,24). The van der Waals surface area contributed by atoms with E-state index in [1.807, 2.05) is 6.07 Å². The monoisotopic (exact) mass is 348 g/mol. The van der Waals surface area contributed by atoms with Gasteiger partial charge in [0.05, 0.1) is 0 Å². The van der Waals surface area contributed by atoms with Crippen LogP contribution in [0.1, 0.15) is 11.3 Å². The number of benzene rings is 2. The van der Waals surface area contributed by atoms with Gasteiger partial charge in [-0.05, 0) is 18.2 Å². The van der Waals surface area contributed by atoms with Crippen molar-refractivity contribution >= 4 is 0 Å². The second kappa shape index (κ2) is 6.60. The third kappa shape index (κ3) is 3.14. The maximum atomic E-state index is 13.6. The Morgan fingerprint density at radius 2 is 1.88 bits per heavy atom. The maximum absolute atomic E-state index is 13.6. The summed E-state index contributed by atoms with van der Waals surface area (Å²) in [6.45, 7) is -0.521. The molecule has 1 aromatic heterocycles. The quantitative estimate of drug-likeness (QED) is 0.445. The van der Waals surface area contributed by atoms with Crippen LogP contribution in [0.2, 0.25) is 0 Å². The van der Waals surface area contributed by atoms with E-state index in [9.17, 15) is 17.6 Å². The molecule has 0 spiro atoms. The molecule has 3 rings (SSSR count). The number of nitrogens with one attached hydrogen (secondary N) is 1. The predicted molar refractivity (Wildman–Crippen MR) is 77.1 cm³/mol. The van der Waals surface area contributed by atoms with Crippen LogP contribution in [0.5, 0.6) is 5.75 Å². The fourth-order valence-corrected chi connectivity index (χ4v) is 2.13. The number of halogens is 4. The molecule has 25 heavy (non-hydrogen) atoms. The smallest absolute Gasteiger partial charge is 0.197 e. The molecule has 0 bridgehead atoms. The van der Waals surface area contributed by atoms with Crippen LogP contribution in [-0.4, -0.2) is 15.4 Å². The molecule has 1 heterocycles. The maximum Gasteiger partial charge on any atom is 0.197 e. The lowest BCUT2D eigenvalue weighted by Crippen LogP contribution is -2.05. The summed E-state index contributed by atoms with van der Waals surface area (Å²) in [5.74, 6) is -6.56. The Balaban J connectivity index is 1.84. The number of nitriles is 1. The summed E-state index contributed by atoms with van der Waals surface area (Å²) in [5, 5.41) is 18.7. The third-order valence-electron chi connectivity index (χ3n) is 3.34. The molecule has 0 aliphatic rings. The number of H-pyrrole nitrogens is 1. The first-order valence-corrected chi connectivity index (χ1v) is 6.87. The fourth-order valence-electron chi connectivity index (χ4n) is 2.13. The molecule has 0 radical (unpaired) electrons. The Morgan fingerprint density at radius 1 is 1.08 bits per heavy atom. The Kier molecular flexibility index (Phi) is 4.35. The van der Waals surface area contributed by atoms with Crippen molar-refractivity contribution in [2.45, 2.75) is 6.61 Å². The van der Waals surface area contributed by atoms with E-state index in [1.165, 1.54) is 12.1 Å². The van der Waals surface area contributed by atoms with Crippen LogP contribution in [0.25, 0.3) is 11.3 Å². The predicted octanol–water partition coefficient (Wildman–Crippen LogP) is 3.48. The van der Waals surface area contributed by atoms with Crippen LogP contribution in [-0.2, 0) is 6.61 Å². The number of hydrogen-bond donors (Lipinski definition) is 1. The number of ether oxygens (including phenoxy) is 1. The SMILES string of the molecule is N#Cc1[nH]nnc1-c1cccc(OCc2cc(F)c(F)c(F)c2F)c1. The Labute approximate surface area is 138 Å². The van der Waals surface area contributed by atoms with Gasteiger partial charge in [-0.15, -0.1) is 5.10 Å². The van der Waals surface area contributed by atoms with Gasteiger partial charge in [0.2, 0.25) is 0 Å². The van der Waals surface area contributed by atoms with Crippen molar-refractivity contribution in [1.29, 1.82) is 5.26 Å². The van der Waals surface area contributed by atoms with Crippen molar-refractivity contribution < 1.29 is 22.3 Å². The largest absolute Gasteiger partial charge is 0.489 e. The first-order chi connectivity index (χ1) is 12.0. The van der Waals surface area contributed by atoms with Crippen molar-refractivity contribution in [1.82, 2.24) is 15.4 Å². The van der Waals surface area contributed by atoms with Crippen LogP contribution >= 0.6 is 0 Å². The molecular formula is C16H8F4N4O. The highest BCUT2D eigenvalue weighted by atomic mass is 19.2. The highest BCUT2D eigenvalue weighted by Gasteiger charge is 2.19. The average Bonchev–Trinajstić information content (AvgIpc) is 3.11. The first kappa shape index (κ1) is 16.4. The lowest BCUT2D eigenvalue weighted by atomic mass is 10.1. The van der Waals surface area contributed by atoms with Gasteiger partial charge >= 0.3 is 0 Å². The first-order valence-electron chi connectivity index (χ1n) is 6.87. The Hall–Kier alpha value is -3.41. The topological polar surface area (TPSA) is 74.6 Å². The molecule has 5 nitrogen and oxygen atoms in total. The van der Waals surface area contributed by atoms with Crippen molar-refractivity contribution in [3.8, 4) is 23.1 Å². The molecule has 0 saturated carbocycles. The van der Waals surface area contributed by atoms with Gasteiger partial charge in [-0.2, -0.15) is 5.26 Å². The minimum atomic E-state index is -1.89. The average molecular weight is 348 g/mol. The second-order valence-electron chi connectivity index (χ2n) is 4.92. The van der Waals surface area contributed by atoms with Crippen molar-refractivity contribution in [2.24, 2.45) is 0 Å². The number of hydrogen-bond acceptors (Lipinski definition) is 4. The van der Waals surface area contributed by atoms with E-state index in [-0.39, 0.29) is 17.1 Å². The molecular weight excluding hydrogens is 340 g/mol. The minimum absolute atomic E-state index is 0.144. The van der Waals surface area contributed by atoms with Gasteiger partial charge in [0.15, 0.2) is 29.0 Å². The van der Waals surface area contributed by atoms with Crippen LogP contribution < -0.4 is 4.74 Å². The van der Waals surface area contributed by atoms with Crippen LogP contribution in [0.4, 0.5) is 17.6 Å². The van der Waals surface area contributed by atoms with Gasteiger partial charge in [-0.3, -0.25) is 0 Å². The molecule has 0 unspecified atom stereocenters. The lowest BCUT2D eigenvalue weighted by molar-refractivity contribution is 0.293. The zero-order valence-corrected chi connectivity index (χ0v) is 12.4. The fraction of sp³-hybridized carbons (Fsp3) is 0.0625. The molecule has 0 fully saturated rings. The third-order valence-corrected chi connectivity index (χ3v) is 3.34. The van der Waals surface area contributed by atoms with Gasteiger partial charge < -0.3 is 4.74 Å². The van der Waals surface area contributed by atoms with Gasteiger partial charge in [-0.25, -0.2) is 22.7 Å². The molecule has 3 aromatic rings. The Morgan fingerprint density at radius 3 is 2.64 bits per heavy atom. The molecule has 0 aliphatic carbocycles. The number of aromatic amines is 1. The summed E-state index contributed by atoms with van der Waals surface area (Å²) in [6.07, 6.45) is 0. The summed E-state index contributed by atoms with van der Waals surface area (Å²) in [4.78, 5) is 0. The zero-order chi connectivity index (χ0) is 18.0. The molecule has 126 valence electrons. The van der Waals surface area contributed by atoms with Crippen molar-refractivity contribution in [3.63, 3.8) is 0 Å². The summed E-state index contributed by atoms with van der Waals surface area (Å²) in [7, 11) is 0. The molecule has 0 aliphatic heterocycles. The normalized spacial score (nSPS) is 10.5. The van der Waals surface area contributed by atoms with E-state index in [0.29, 0.717) is 11.6 Å². The summed E-state index contributed by atoms with van der Waals surface area (Å²) >= 11 is 0. The Bertz CT molecular complexity index is 981. The van der Waals surface area contributed by atoms with E-state index >= 15 is 0 Å². The van der Waals surface area contributed by atoms with E-state index < -0.39 is 35.4 Å². The molecule has 9 heteroatoms. The number of aromatic nitrogens is 3. The van der Waals surface area contributed by atoms with Gasteiger partial charge in [0, 0.05) is 11.1 Å². The van der Waals surface area contributed by atoms with Gasteiger partial charge in [-0.1, -0.05) is 17.3 Å². The van der Waals surface area contributed by atoms with Gasteiger partial charge in [0.1, 0.15) is 24.1 Å². The highest BCUT2D eigenvalue weighted by molar-refractivity contribution is 5.65. The molecule has 0 saturated heterocycles. The summed E-state index contributed by atoms with van der Waals surface area (Å²) < 4.78 is 58.3. The molecule has 0 amide bonds. The van der Waals surface area contributed by atoms with Crippen LogP contribution in [0.3, 0.4) is 0 Å². The lowest BCUT2D eigenvalue weighted by Gasteiger charge is -2.09. The van der Waals surface area contributed by atoms with Crippen molar-refractivity contribution in [3.05, 3.63) is 64.9 Å². The zero-order valence-electron chi connectivity index (χ0n) is 12.4. The second-order valence-corrected chi connectivity index (χ2v) is 4.92. The molecule has 0 atom stereocenters. The van der Waals surface area contributed by atoms with E-state index in [2.05, 4.69) is 15.4 Å². The number of nitrogens with zero attached hydrogens (tertiary/aromatic N) is 3. The number of rotatable bonds is 4. The summed E-state index contributed by atoms with van der Waals surface area (Å²) in [5.41, 5.74) is 0.463. The van der Waals surface area contributed by atoms with E-state index in [4.69, 9.17) is 10.00 Å². The van der Waals surface area contributed by atoms with Gasteiger partial charge in [0.25, 0.3) is 0 Å². The van der Waals surface area contributed by atoms with Crippen LogP contribution in [0.15, 0.2) is 30.3 Å². The highest BCUT2D eigenvalue weighted by Crippen LogP contribution is 2.25. The summed E-state index contributed by atoms with van der Waals surface area (Å²) in [6, 6.07) is 8.66. The minimum Gasteiger partial charge on any atom is -0.489 e. The van der Waals surface area contributed by atoms with E-state index in [0.717, 1.165) is 0 Å². The molecule has 2 aromatic carbocycles. The molecule has 1 N–H and O–H groups in total.